The zero-order valence-electron chi connectivity index (χ0n) is 9.80. The second-order valence-corrected chi connectivity index (χ2v) is 3.48. The van der Waals surface area contributed by atoms with E-state index < -0.39 is 0 Å². The highest BCUT2D eigenvalue weighted by molar-refractivity contribution is 5.00. The molecule has 0 spiro atoms. The van der Waals surface area contributed by atoms with Crippen molar-refractivity contribution in [3.05, 3.63) is 11.6 Å². The summed E-state index contributed by atoms with van der Waals surface area (Å²) in [5.41, 5.74) is 1.31. The standard InChI is InChI=1S/C11H23NO2/c1-5-12-11(8-10(2)3)9-14-7-6-13-4/h8,11-12H,5-7,9H2,1-4H3. The van der Waals surface area contributed by atoms with E-state index in [2.05, 4.69) is 32.2 Å². The van der Waals surface area contributed by atoms with Gasteiger partial charge in [0.25, 0.3) is 0 Å². The van der Waals surface area contributed by atoms with Crippen molar-refractivity contribution in [3.63, 3.8) is 0 Å². The molecule has 0 aliphatic carbocycles. The number of hydrogen-bond donors (Lipinski definition) is 1. The first-order chi connectivity index (χ1) is 6.70. The molecule has 0 amide bonds. The third-order valence-corrected chi connectivity index (χ3v) is 1.73. The van der Waals surface area contributed by atoms with Crippen LogP contribution in [0.15, 0.2) is 11.6 Å². The molecule has 0 bridgehead atoms. The largest absolute Gasteiger partial charge is 0.382 e. The Morgan fingerprint density at radius 2 is 2.07 bits per heavy atom. The van der Waals surface area contributed by atoms with Crippen molar-refractivity contribution in [1.29, 1.82) is 0 Å². The maximum Gasteiger partial charge on any atom is 0.0701 e. The van der Waals surface area contributed by atoms with Crippen molar-refractivity contribution in [3.8, 4) is 0 Å². The number of rotatable bonds is 8. The van der Waals surface area contributed by atoms with Gasteiger partial charge in [0, 0.05) is 13.2 Å². The SMILES string of the molecule is CCNC(C=C(C)C)COCCOC. The van der Waals surface area contributed by atoms with Crippen LogP contribution in [-0.4, -0.2) is 39.5 Å². The van der Waals surface area contributed by atoms with Gasteiger partial charge in [-0.2, -0.15) is 0 Å². The van der Waals surface area contributed by atoms with Crippen molar-refractivity contribution in [2.45, 2.75) is 26.8 Å². The molecule has 0 heterocycles. The van der Waals surface area contributed by atoms with Crippen molar-refractivity contribution >= 4 is 0 Å². The van der Waals surface area contributed by atoms with Gasteiger partial charge in [-0.05, 0) is 20.4 Å². The maximum atomic E-state index is 5.46. The Kier molecular flexibility index (Phi) is 8.94. The molecule has 3 nitrogen and oxygen atoms in total. The molecule has 0 saturated heterocycles. The van der Waals surface area contributed by atoms with Crippen LogP contribution in [0.2, 0.25) is 0 Å². The smallest absolute Gasteiger partial charge is 0.0701 e. The van der Waals surface area contributed by atoms with Crippen molar-refractivity contribution in [1.82, 2.24) is 5.32 Å². The summed E-state index contributed by atoms with van der Waals surface area (Å²) in [6, 6.07) is 0.321. The summed E-state index contributed by atoms with van der Waals surface area (Å²) in [6.45, 7) is 9.28. The van der Waals surface area contributed by atoms with E-state index in [0.717, 1.165) is 6.54 Å². The lowest BCUT2D eigenvalue weighted by Gasteiger charge is -2.14. The van der Waals surface area contributed by atoms with Crippen molar-refractivity contribution < 1.29 is 9.47 Å². The van der Waals surface area contributed by atoms with Gasteiger partial charge in [-0.15, -0.1) is 0 Å². The van der Waals surface area contributed by atoms with Crippen LogP contribution in [0, 0.1) is 0 Å². The fourth-order valence-electron chi connectivity index (χ4n) is 1.18. The number of hydrogen-bond acceptors (Lipinski definition) is 3. The van der Waals surface area contributed by atoms with E-state index in [-0.39, 0.29) is 0 Å². The highest BCUT2D eigenvalue weighted by atomic mass is 16.5. The zero-order chi connectivity index (χ0) is 10.8. The Labute approximate surface area is 87.5 Å². The van der Waals surface area contributed by atoms with E-state index in [9.17, 15) is 0 Å². The Morgan fingerprint density at radius 1 is 1.36 bits per heavy atom. The summed E-state index contributed by atoms with van der Waals surface area (Å²) in [7, 11) is 1.68. The van der Waals surface area contributed by atoms with Crippen molar-refractivity contribution in [2.24, 2.45) is 0 Å². The van der Waals surface area contributed by atoms with Crippen LogP contribution in [0.25, 0.3) is 0 Å². The van der Waals surface area contributed by atoms with E-state index in [1.54, 1.807) is 7.11 Å². The molecule has 84 valence electrons. The van der Waals surface area contributed by atoms with Crippen LogP contribution in [-0.2, 0) is 9.47 Å². The average molecular weight is 201 g/mol. The normalized spacial score (nSPS) is 12.6. The lowest BCUT2D eigenvalue weighted by atomic mass is 10.2. The highest BCUT2D eigenvalue weighted by Gasteiger charge is 2.02. The number of nitrogens with one attached hydrogen (secondary N) is 1. The minimum absolute atomic E-state index is 0.321. The van der Waals surface area contributed by atoms with E-state index in [0.29, 0.717) is 25.9 Å². The monoisotopic (exact) mass is 201 g/mol. The summed E-state index contributed by atoms with van der Waals surface area (Å²) < 4.78 is 10.4. The fraction of sp³-hybridized carbons (Fsp3) is 0.818. The summed E-state index contributed by atoms with van der Waals surface area (Å²) in [5.74, 6) is 0. The number of ether oxygens (including phenoxy) is 2. The Morgan fingerprint density at radius 3 is 2.57 bits per heavy atom. The van der Waals surface area contributed by atoms with Gasteiger partial charge < -0.3 is 14.8 Å². The minimum atomic E-state index is 0.321. The van der Waals surface area contributed by atoms with Crippen molar-refractivity contribution in [2.75, 3.05) is 33.5 Å². The van der Waals surface area contributed by atoms with Gasteiger partial charge in [-0.25, -0.2) is 0 Å². The van der Waals surface area contributed by atoms with Crippen LogP contribution in [0.5, 0.6) is 0 Å². The molecule has 1 atom stereocenters. The summed E-state index contributed by atoms with van der Waals surface area (Å²) in [6.07, 6.45) is 2.19. The Bertz CT molecular complexity index is 153. The number of likely N-dealkylation sites (N-methyl/N-ethyl adjacent to an activating group) is 1. The maximum absolute atomic E-state index is 5.46. The molecule has 0 aromatic heterocycles. The molecule has 0 fully saturated rings. The van der Waals surface area contributed by atoms with Gasteiger partial charge in [0.15, 0.2) is 0 Å². The quantitative estimate of drug-likeness (QED) is 0.478. The molecule has 1 N–H and O–H groups in total. The Hall–Kier alpha value is -0.380. The summed E-state index contributed by atoms with van der Waals surface area (Å²) in [4.78, 5) is 0. The molecule has 0 aromatic rings. The zero-order valence-corrected chi connectivity index (χ0v) is 9.80. The second kappa shape index (κ2) is 9.19. The Balaban J connectivity index is 3.68. The van der Waals surface area contributed by atoms with Gasteiger partial charge >= 0.3 is 0 Å². The van der Waals surface area contributed by atoms with Crippen LogP contribution in [0.4, 0.5) is 0 Å². The number of allylic oxidation sites excluding steroid dienone is 1. The molecule has 0 rings (SSSR count). The topological polar surface area (TPSA) is 30.5 Å². The lowest BCUT2D eigenvalue weighted by molar-refractivity contribution is 0.0645. The van der Waals surface area contributed by atoms with Crippen LogP contribution in [0.1, 0.15) is 20.8 Å². The van der Waals surface area contributed by atoms with Crippen LogP contribution < -0.4 is 5.32 Å². The first-order valence-electron chi connectivity index (χ1n) is 5.15. The third-order valence-electron chi connectivity index (χ3n) is 1.73. The van der Waals surface area contributed by atoms with Gasteiger partial charge in [0.05, 0.1) is 19.8 Å². The van der Waals surface area contributed by atoms with Gasteiger partial charge in [0.1, 0.15) is 0 Å². The van der Waals surface area contributed by atoms with E-state index in [1.165, 1.54) is 5.57 Å². The molecule has 3 heteroatoms. The predicted octanol–water partition coefficient (Wildman–Crippen LogP) is 1.59. The molecule has 0 aromatic carbocycles. The molecule has 1 unspecified atom stereocenters. The number of methoxy groups -OCH3 is 1. The van der Waals surface area contributed by atoms with Gasteiger partial charge in [-0.3, -0.25) is 0 Å². The van der Waals surface area contributed by atoms with E-state index in [4.69, 9.17) is 9.47 Å². The van der Waals surface area contributed by atoms with Crippen LogP contribution >= 0.6 is 0 Å². The predicted molar refractivity (Wildman–Crippen MR) is 59.6 cm³/mol. The fourth-order valence-corrected chi connectivity index (χ4v) is 1.18. The van der Waals surface area contributed by atoms with Crippen LogP contribution in [0.3, 0.4) is 0 Å². The summed E-state index contributed by atoms with van der Waals surface area (Å²) in [5, 5.41) is 3.35. The first kappa shape index (κ1) is 13.6. The molecule has 0 aliphatic heterocycles. The average Bonchev–Trinajstić information content (AvgIpc) is 2.12. The lowest BCUT2D eigenvalue weighted by Crippen LogP contribution is -2.32. The van der Waals surface area contributed by atoms with Gasteiger partial charge in [0.2, 0.25) is 0 Å². The van der Waals surface area contributed by atoms with Gasteiger partial charge in [-0.1, -0.05) is 18.6 Å². The first-order valence-corrected chi connectivity index (χ1v) is 5.15. The molecular formula is C11H23NO2. The minimum Gasteiger partial charge on any atom is -0.382 e. The summed E-state index contributed by atoms with van der Waals surface area (Å²) >= 11 is 0. The van der Waals surface area contributed by atoms with E-state index in [1.807, 2.05) is 0 Å². The highest BCUT2D eigenvalue weighted by Crippen LogP contribution is 1.95. The second-order valence-electron chi connectivity index (χ2n) is 3.48. The molecule has 0 aliphatic rings. The molecule has 14 heavy (non-hydrogen) atoms. The third kappa shape index (κ3) is 8.23. The molecule has 0 radical (unpaired) electrons. The molecule has 0 saturated carbocycles. The molecular weight excluding hydrogens is 178 g/mol. The van der Waals surface area contributed by atoms with E-state index >= 15 is 0 Å².